The van der Waals surface area contributed by atoms with Gasteiger partial charge in [0.1, 0.15) is 0 Å². The molecular formula is H4Cl3FeLiO4P. The zero-order valence-electron chi connectivity index (χ0n) is 3.68. The maximum absolute atomic E-state index is 8.88. The van der Waals surface area contributed by atoms with E-state index in [1.807, 2.05) is 0 Å². The van der Waals surface area contributed by atoms with E-state index in [0.717, 1.165) is 0 Å². The van der Waals surface area contributed by atoms with E-state index in [-0.39, 0.29) is 18.9 Å². The average Bonchev–Trinajstić information content (AvgIpc) is 1.19. The van der Waals surface area contributed by atoms with Gasteiger partial charge in [-0.15, -0.1) is 0 Å². The molecule has 10 heteroatoms. The fourth-order valence-corrected chi connectivity index (χ4v) is 0. The first kappa shape index (κ1) is 18.0. The summed E-state index contributed by atoms with van der Waals surface area (Å²) in [6.07, 6.45) is 0. The second-order valence-electron chi connectivity index (χ2n) is 0.665. The van der Waals surface area contributed by atoms with E-state index in [9.17, 15) is 0 Å². The Hall–Kier alpha value is 2.10. The number of halogens is 3. The van der Waals surface area contributed by atoms with Gasteiger partial charge in [-0.1, -0.05) is 0 Å². The summed E-state index contributed by atoms with van der Waals surface area (Å²) in [5.74, 6) is 0. The van der Waals surface area contributed by atoms with Crippen LogP contribution >= 0.6 is 38.1 Å². The SMILES string of the molecule is O=P(O)(O)O.[Cl][Fe]([Cl])[Cl].[LiH]. The Kier molecular flexibility index (Phi) is 16.5. The van der Waals surface area contributed by atoms with E-state index in [2.05, 4.69) is 0 Å². The van der Waals surface area contributed by atoms with Crippen molar-refractivity contribution in [3.63, 3.8) is 0 Å². The van der Waals surface area contributed by atoms with Gasteiger partial charge in [0.15, 0.2) is 0 Å². The molecule has 0 amide bonds. The van der Waals surface area contributed by atoms with Crippen LogP contribution in [0.1, 0.15) is 0 Å². The van der Waals surface area contributed by atoms with Crippen molar-refractivity contribution in [1.29, 1.82) is 0 Å². The van der Waals surface area contributed by atoms with Crippen LogP contribution in [0, 0.1) is 0 Å². The van der Waals surface area contributed by atoms with Crippen molar-refractivity contribution in [2.45, 2.75) is 0 Å². The van der Waals surface area contributed by atoms with Crippen molar-refractivity contribution < 1.29 is 30.4 Å². The molecule has 0 aliphatic carbocycles. The molecule has 0 aliphatic heterocycles. The van der Waals surface area contributed by atoms with Crippen LogP contribution in [-0.2, 0) is 15.7 Å². The fourth-order valence-electron chi connectivity index (χ4n) is 0. The van der Waals surface area contributed by atoms with Crippen LogP contribution in [0.15, 0.2) is 0 Å². The van der Waals surface area contributed by atoms with Gasteiger partial charge in [0.25, 0.3) is 0 Å². The molecular weight excluding hydrogens is 264 g/mol. The summed E-state index contributed by atoms with van der Waals surface area (Å²) in [6, 6.07) is 0. The Morgan fingerprint density at radius 3 is 1.10 bits per heavy atom. The van der Waals surface area contributed by atoms with E-state index in [1.54, 1.807) is 0 Å². The Morgan fingerprint density at radius 1 is 1.10 bits per heavy atom. The fraction of sp³-hybridized carbons (Fsp3) is 0. The van der Waals surface area contributed by atoms with Crippen molar-refractivity contribution in [3.05, 3.63) is 0 Å². The first-order chi connectivity index (χ1) is 3.73. The standard InChI is InChI=1S/3ClH.Fe.Li.H3O4P.H/c;;;;;1-5(2,3)4;/h3*1H;;;(H3,1,2,3,4);/q;;;+3;;;/p-3. The number of hydrogen-bond donors (Lipinski definition) is 3. The molecule has 0 saturated heterocycles. The van der Waals surface area contributed by atoms with Crippen molar-refractivity contribution in [2.24, 2.45) is 0 Å². The summed E-state index contributed by atoms with van der Waals surface area (Å²) in [4.78, 5) is 21.6. The predicted molar refractivity (Wildman–Crippen MR) is 39.0 cm³/mol. The third-order valence-corrected chi connectivity index (χ3v) is 0. The van der Waals surface area contributed by atoms with Gasteiger partial charge in [-0.2, -0.15) is 0 Å². The molecule has 0 atom stereocenters. The number of phosphoric acid groups is 1. The van der Waals surface area contributed by atoms with Crippen LogP contribution < -0.4 is 0 Å². The zero-order valence-corrected chi connectivity index (χ0v) is 7.95. The predicted octanol–water partition coefficient (Wildman–Crippen LogP) is 0.489. The van der Waals surface area contributed by atoms with Crippen LogP contribution in [0.25, 0.3) is 0 Å². The molecule has 0 heterocycles. The summed E-state index contributed by atoms with van der Waals surface area (Å²) >= 11 is -1.33. The Morgan fingerprint density at radius 2 is 1.10 bits per heavy atom. The van der Waals surface area contributed by atoms with Gasteiger partial charge in [-0.05, 0) is 0 Å². The van der Waals surface area contributed by atoms with Crippen LogP contribution in [0.4, 0.5) is 0 Å². The summed E-state index contributed by atoms with van der Waals surface area (Å²) in [7, 11) is 10.0. The minimum atomic E-state index is -4.64. The molecule has 3 N–H and O–H groups in total. The first-order valence-corrected chi connectivity index (χ1v) is 7.31. The summed E-state index contributed by atoms with van der Waals surface area (Å²) in [5, 5.41) is 0. The topological polar surface area (TPSA) is 77.8 Å². The van der Waals surface area contributed by atoms with Crippen LogP contribution in [0.2, 0.25) is 0 Å². The van der Waals surface area contributed by atoms with Crippen LogP contribution in [-0.4, -0.2) is 33.5 Å². The van der Waals surface area contributed by atoms with Crippen molar-refractivity contribution >= 4 is 57.0 Å². The van der Waals surface area contributed by atoms with E-state index >= 15 is 0 Å². The first-order valence-electron chi connectivity index (χ1n) is 1.18. The summed E-state index contributed by atoms with van der Waals surface area (Å²) in [6.45, 7) is 0. The monoisotopic (exact) mass is 267 g/mol. The molecule has 0 radical (unpaired) electrons. The Labute approximate surface area is 86.8 Å². The van der Waals surface area contributed by atoms with Crippen molar-refractivity contribution in [1.82, 2.24) is 0 Å². The van der Waals surface area contributed by atoms with E-state index < -0.39 is 19.0 Å². The average molecular weight is 268 g/mol. The molecule has 63 valence electrons. The van der Waals surface area contributed by atoms with Crippen LogP contribution in [0.5, 0.6) is 0 Å². The third kappa shape index (κ3) is 190. The molecule has 0 saturated carbocycles. The van der Waals surface area contributed by atoms with Gasteiger partial charge in [-0.3, -0.25) is 0 Å². The van der Waals surface area contributed by atoms with Gasteiger partial charge in [-0.25, -0.2) is 4.57 Å². The molecule has 0 unspecified atom stereocenters. The molecule has 0 fully saturated rings. The second kappa shape index (κ2) is 9.19. The Bertz CT molecular complexity index is 91.7. The normalized spacial score (nSPS) is 10.4. The van der Waals surface area contributed by atoms with Gasteiger partial charge < -0.3 is 14.7 Å². The molecule has 0 aromatic heterocycles. The van der Waals surface area contributed by atoms with Crippen molar-refractivity contribution in [3.8, 4) is 0 Å². The van der Waals surface area contributed by atoms with Crippen molar-refractivity contribution in [2.75, 3.05) is 0 Å². The molecule has 10 heavy (non-hydrogen) atoms. The molecule has 0 aromatic carbocycles. The van der Waals surface area contributed by atoms with Gasteiger partial charge in [0.05, 0.1) is 0 Å². The number of hydrogen-bond acceptors (Lipinski definition) is 1. The molecule has 0 rings (SSSR count). The Balaban J connectivity index is -0.0000000910. The van der Waals surface area contributed by atoms with Gasteiger partial charge in [0, 0.05) is 0 Å². The van der Waals surface area contributed by atoms with Gasteiger partial charge in [0.2, 0.25) is 0 Å². The minimum absolute atomic E-state index is 0. The molecule has 0 bridgehead atoms. The third-order valence-electron chi connectivity index (χ3n) is 0. The molecule has 4 nitrogen and oxygen atoms in total. The summed E-state index contributed by atoms with van der Waals surface area (Å²) < 4.78 is 8.88. The number of rotatable bonds is 0. The van der Waals surface area contributed by atoms with Crippen LogP contribution in [0.3, 0.4) is 0 Å². The quantitative estimate of drug-likeness (QED) is 0.441. The molecule has 0 aliphatic rings. The second-order valence-corrected chi connectivity index (χ2v) is 7.16. The molecule has 0 aromatic rings. The summed E-state index contributed by atoms with van der Waals surface area (Å²) in [5.41, 5.74) is 0. The van der Waals surface area contributed by atoms with E-state index in [0.29, 0.717) is 0 Å². The zero-order chi connectivity index (χ0) is 8.08. The molecule has 0 spiro atoms. The van der Waals surface area contributed by atoms with Gasteiger partial charge >= 0.3 is 68.1 Å². The van der Waals surface area contributed by atoms with E-state index in [4.69, 9.17) is 49.5 Å². The maximum atomic E-state index is 8.88. The van der Waals surface area contributed by atoms with E-state index in [1.165, 1.54) is 0 Å².